The van der Waals surface area contributed by atoms with Crippen molar-refractivity contribution in [2.75, 3.05) is 14.2 Å². The van der Waals surface area contributed by atoms with E-state index in [9.17, 15) is 9.18 Å². The first-order chi connectivity index (χ1) is 13.9. The van der Waals surface area contributed by atoms with Gasteiger partial charge in [0.1, 0.15) is 11.0 Å². The minimum Gasteiger partial charge on any atom is -0.493 e. The molecule has 0 fully saturated rings. The highest BCUT2D eigenvalue weighted by molar-refractivity contribution is 6.31. The summed E-state index contributed by atoms with van der Waals surface area (Å²) < 4.78 is 25.1. The standard InChI is InChI=1S/C22H20ClFN2O3/c1-14-18(22(23)26(25-14)13-15-4-7-17(24)8-5-15)9-10-19(27)16-6-11-20(28-2)21(12-16)29-3/h4-12H,13H2,1-3H3. The highest BCUT2D eigenvalue weighted by Crippen LogP contribution is 2.28. The highest BCUT2D eigenvalue weighted by atomic mass is 35.5. The number of aromatic nitrogens is 2. The third-order valence-corrected chi connectivity index (χ3v) is 4.82. The molecule has 0 amide bonds. The number of methoxy groups -OCH3 is 2. The molecule has 0 bridgehead atoms. The number of carbonyl (C=O) groups is 1. The number of hydrogen-bond acceptors (Lipinski definition) is 4. The summed E-state index contributed by atoms with van der Waals surface area (Å²) in [5.41, 5.74) is 2.68. The molecule has 0 radical (unpaired) electrons. The van der Waals surface area contributed by atoms with Crippen LogP contribution >= 0.6 is 11.6 Å². The molecular formula is C22H20ClFN2O3. The van der Waals surface area contributed by atoms with Crippen LogP contribution in [0.2, 0.25) is 5.15 Å². The fraction of sp³-hybridized carbons (Fsp3) is 0.182. The summed E-state index contributed by atoms with van der Waals surface area (Å²) in [6.07, 6.45) is 3.09. The molecule has 1 aromatic heterocycles. The van der Waals surface area contributed by atoms with Crippen LogP contribution in [0.4, 0.5) is 4.39 Å². The van der Waals surface area contributed by atoms with E-state index in [1.807, 2.05) is 6.92 Å². The van der Waals surface area contributed by atoms with Crippen molar-refractivity contribution in [3.05, 3.63) is 81.9 Å². The first kappa shape index (κ1) is 20.6. The number of allylic oxidation sites excluding steroid dienone is 1. The molecule has 5 nitrogen and oxygen atoms in total. The smallest absolute Gasteiger partial charge is 0.185 e. The van der Waals surface area contributed by atoms with Crippen molar-refractivity contribution in [3.63, 3.8) is 0 Å². The molecule has 0 N–H and O–H groups in total. The van der Waals surface area contributed by atoms with Crippen LogP contribution in [0.3, 0.4) is 0 Å². The summed E-state index contributed by atoms with van der Waals surface area (Å²) in [6.45, 7) is 2.21. The van der Waals surface area contributed by atoms with Crippen molar-refractivity contribution in [1.29, 1.82) is 0 Å². The summed E-state index contributed by atoms with van der Waals surface area (Å²) >= 11 is 6.45. The lowest BCUT2D eigenvalue weighted by Crippen LogP contribution is -2.02. The van der Waals surface area contributed by atoms with Gasteiger partial charge in [0.25, 0.3) is 0 Å². The fourth-order valence-electron chi connectivity index (χ4n) is 2.87. The third-order valence-electron chi connectivity index (χ3n) is 4.42. The Kier molecular flexibility index (Phi) is 6.34. The average molecular weight is 415 g/mol. The van der Waals surface area contributed by atoms with Crippen LogP contribution in [0.5, 0.6) is 11.5 Å². The molecule has 3 rings (SSSR count). The summed E-state index contributed by atoms with van der Waals surface area (Å²) in [5.74, 6) is 0.531. The van der Waals surface area contributed by atoms with Gasteiger partial charge in [-0.2, -0.15) is 5.10 Å². The molecule has 2 aromatic carbocycles. The van der Waals surface area contributed by atoms with Crippen molar-refractivity contribution >= 4 is 23.5 Å². The van der Waals surface area contributed by atoms with E-state index < -0.39 is 0 Å². The van der Waals surface area contributed by atoms with E-state index in [0.717, 1.165) is 5.56 Å². The van der Waals surface area contributed by atoms with Gasteiger partial charge in [0.05, 0.1) is 26.5 Å². The van der Waals surface area contributed by atoms with E-state index in [0.29, 0.717) is 40.0 Å². The van der Waals surface area contributed by atoms with Crippen molar-refractivity contribution in [3.8, 4) is 11.5 Å². The number of hydrogen-bond donors (Lipinski definition) is 0. The zero-order valence-corrected chi connectivity index (χ0v) is 17.0. The maximum absolute atomic E-state index is 13.1. The number of rotatable bonds is 7. The minimum absolute atomic E-state index is 0.201. The van der Waals surface area contributed by atoms with E-state index >= 15 is 0 Å². The Morgan fingerprint density at radius 2 is 1.83 bits per heavy atom. The second kappa shape index (κ2) is 8.92. The highest BCUT2D eigenvalue weighted by Gasteiger charge is 2.13. The number of benzene rings is 2. The SMILES string of the molecule is COc1ccc(C(=O)C=Cc2c(C)nn(Cc3ccc(F)cc3)c2Cl)cc1OC. The molecule has 0 aliphatic carbocycles. The third kappa shape index (κ3) is 4.66. The molecule has 29 heavy (non-hydrogen) atoms. The van der Waals surface area contributed by atoms with Crippen LogP contribution in [0, 0.1) is 12.7 Å². The lowest BCUT2D eigenvalue weighted by atomic mass is 10.1. The van der Waals surface area contributed by atoms with E-state index in [2.05, 4.69) is 5.10 Å². The molecule has 0 aliphatic heterocycles. The fourth-order valence-corrected chi connectivity index (χ4v) is 3.17. The molecule has 150 valence electrons. The van der Waals surface area contributed by atoms with E-state index in [1.54, 1.807) is 41.1 Å². The second-order valence-electron chi connectivity index (χ2n) is 6.34. The normalized spacial score (nSPS) is 11.1. The molecule has 0 spiro atoms. The Hall–Kier alpha value is -3.12. The second-order valence-corrected chi connectivity index (χ2v) is 6.70. The molecule has 0 unspecified atom stereocenters. The monoisotopic (exact) mass is 414 g/mol. The Bertz CT molecular complexity index is 1060. The van der Waals surface area contributed by atoms with Gasteiger partial charge in [0, 0.05) is 11.1 Å². The maximum atomic E-state index is 13.1. The van der Waals surface area contributed by atoms with Gasteiger partial charge in [-0.25, -0.2) is 9.07 Å². The molecule has 0 aliphatic rings. The first-order valence-electron chi connectivity index (χ1n) is 8.84. The minimum atomic E-state index is -0.297. The molecule has 0 saturated carbocycles. The lowest BCUT2D eigenvalue weighted by molar-refractivity contribution is 0.104. The largest absolute Gasteiger partial charge is 0.493 e. The van der Waals surface area contributed by atoms with Crippen LogP contribution in [0.1, 0.15) is 27.2 Å². The Morgan fingerprint density at radius 1 is 1.14 bits per heavy atom. The van der Waals surface area contributed by atoms with Crippen molar-refractivity contribution < 1.29 is 18.7 Å². The molecule has 3 aromatic rings. The number of ketones is 1. The predicted molar refractivity (Wildman–Crippen MR) is 110 cm³/mol. The van der Waals surface area contributed by atoms with Gasteiger partial charge in [0.2, 0.25) is 0 Å². The summed E-state index contributed by atoms with van der Waals surface area (Å²) in [5, 5.41) is 4.83. The van der Waals surface area contributed by atoms with E-state index in [1.165, 1.54) is 32.4 Å². The number of nitrogens with zero attached hydrogens (tertiary/aromatic N) is 2. The molecule has 0 atom stereocenters. The average Bonchev–Trinajstić information content (AvgIpc) is 2.99. The van der Waals surface area contributed by atoms with E-state index in [-0.39, 0.29) is 11.6 Å². The van der Waals surface area contributed by atoms with Crippen LogP contribution in [0.15, 0.2) is 48.5 Å². The number of carbonyl (C=O) groups excluding carboxylic acids is 1. The number of aryl methyl sites for hydroxylation is 1. The van der Waals surface area contributed by atoms with Gasteiger partial charge in [-0.3, -0.25) is 4.79 Å². The number of halogens is 2. The van der Waals surface area contributed by atoms with Gasteiger partial charge in [-0.1, -0.05) is 23.7 Å². The molecule has 0 saturated heterocycles. The van der Waals surface area contributed by atoms with Crippen LogP contribution in [-0.4, -0.2) is 29.8 Å². The number of ether oxygens (including phenoxy) is 2. The first-order valence-corrected chi connectivity index (χ1v) is 9.22. The van der Waals surface area contributed by atoms with Gasteiger partial charge in [-0.15, -0.1) is 0 Å². The van der Waals surface area contributed by atoms with Crippen molar-refractivity contribution in [2.45, 2.75) is 13.5 Å². The zero-order chi connectivity index (χ0) is 21.0. The van der Waals surface area contributed by atoms with Crippen LogP contribution in [0.25, 0.3) is 6.08 Å². The molecule has 7 heteroatoms. The van der Waals surface area contributed by atoms with Crippen LogP contribution in [-0.2, 0) is 6.54 Å². The Morgan fingerprint density at radius 3 is 2.48 bits per heavy atom. The van der Waals surface area contributed by atoms with E-state index in [4.69, 9.17) is 21.1 Å². The topological polar surface area (TPSA) is 53.3 Å². The molecular weight excluding hydrogens is 395 g/mol. The summed E-state index contributed by atoms with van der Waals surface area (Å²) in [7, 11) is 3.05. The Balaban J connectivity index is 1.81. The van der Waals surface area contributed by atoms with Gasteiger partial charge in [0.15, 0.2) is 17.3 Å². The van der Waals surface area contributed by atoms with Gasteiger partial charge in [-0.05, 0) is 55.0 Å². The Labute approximate surface area is 173 Å². The zero-order valence-electron chi connectivity index (χ0n) is 16.3. The predicted octanol–water partition coefficient (Wildman–Crippen LogP) is 4.95. The maximum Gasteiger partial charge on any atom is 0.185 e. The quantitative estimate of drug-likeness (QED) is 0.405. The van der Waals surface area contributed by atoms with Crippen molar-refractivity contribution in [1.82, 2.24) is 9.78 Å². The van der Waals surface area contributed by atoms with Gasteiger partial charge < -0.3 is 9.47 Å². The van der Waals surface area contributed by atoms with Crippen LogP contribution < -0.4 is 9.47 Å². The molecule has 1 heterocycles. The summed E-state index contributed by atoms with van der Waals surface area (Å²) in [6, 6.07) is 11.1. The summed E-state index contributed by atoms with van der Waals surface area (Å²) in [4.78, 5) is 12.5. The van der Waals surface area contributed by atoms with Gasteiger partial charge >= 0.3 is 0 Å². The lowest BCUT2D eigenvalue weighted by Gasteiger charge is -2.08. The van der Waals surface area contributed by atoms with Crippen molar-refractivity contribution in [2.24, 2.45) is 0 Å².